The molecule has 3 rings (SSSR count). The summed E-state index contributed by atoms with van der Waals surface area (Å²) in [5.41, 5.74) is 1.32. The molecule has 5 nitrogen and oxygen atoms in total. The summed E-state index contributed by atoms with van der Waals surface area (Å²) in [4.78, 5) is 26.9. The van der Waals surface area contributed by atoms with Gasteiger partial charge < -0.3 is 14.7 Å². The van der Waals surface area contributed by atoms with Crippen LogP contribution >= 0.6 is 11.3 Å². The zero-order valence-electron chi connectivity index (χ0n) is 19.2. The maximum absolute atomic E-state index is 12.3. The first-order valence-electron chi connectivity index (χ1n) is 11.3. The Hall–Kier alpha value is -2.88. The fraction of sp³-hybridized carbons (Fsp3) is 0.407. The molecule has 1 N–H and O–H groups in total. The maximum Gasteiger partial charge on any atom is 0.348 e. The highest BCUT2D eigenvalue weighted by molar-refractivity contribution is 7.14. The first-order valence-corrected chi connectivity index (χ1v) is 12.2. The van der Waals surface area contributed by atoms with Crippen LogP contribution in [0.4, 0.5) is 0 Å². The number of aliphatic hydroxyl groups is 1. The molecule has 2 heterocycles. The van der Waals surface area contributed by atoms with Gasteiger partial charge in [-0.15, -0.1) is 11.3 Å². The van der Waals surface area contributed by atoms with Crippen LogP contribution in [0.3, 0.4) is 0 Å². The van der Waals surface area contributed by atoms with E-state index in [2.05, 4.69) is 43.0 Å². The Balaban J connectivity index is 1.49. The molecule has 0 aliphatic carbocycles. The monoisotopic (exact) mass is 465 g/mol. The van der Waals surface area contributed by atoms with Crippen LogP contribution in [0.25, 0.3) is 0 Å². The summed E-state index contributed by atoms with van der Waals surface area (Å²) in [6.45, 7) is 2.38. The summed E-state index contributed by atoms with van der Waals surface area (Å²) in [6, 6.07) is 13.8. The van der Waals surface area contributed by atoms with Gasteiger partial charge in [0.05, 0.1) is 30.7 Å². The molecule has 1 unspecified atom stereocenters. The molecule has 1 amide bonds. The molecule has 1 aromatic heterocycles. The molecule has 174 valence electrons. The summed E-state index contributed by atoms with van der Waals surface area (Å²) in [7, 11) is 1.35. The number of hydrogen-bond donors (Lipinski definition) is 1. The summed E-state index contributed by atoms with van der Waals surface area (Å²) in [5, 5.41) is 10.6. The quantitative estimate of drug-likeness (QED) is 0.337. The Kier molecular flexibility index (Phi) is 9.29. The number of esters is 1. The normalized spacial score (nSPS) is 17.6. The molecule has 0 saturated carbocycles. The van der Waals surface area contributed by atoms with Crippen molar-refractivity contribution < 1.29 is 19.4 Å². The van der Waals surface area contributed by atoms with Gasteiger partial charge in [0, 0.05) is 6.42 Å². The van der Waals surface area contributed by atoms with E-state index in [4.69, 9.17) is 4.74 Å². The number of rotatable bonds is 9. The van der Waals surface area contributed by atoms with Crippen molar-refractivity contribution in [3.05, 3.63) is 69.9 Å². The third-order valence-corrected chi connectivity index (χ3v) is 6.89. The van der Waals surface area contributed by atoms with E-state index in [1.54, 1.807) is 17.0 Å². The van der Waals surface area contributed by atoms with Crippen LogP contribution < -0.4 is 0 Å². The van der Waals surface area contributed by atoms with Crippen LogP contribution in [0.5, 0.6) is 0 Å². The maximum atomic E-state index is 12.3. The van der Waals surface area contributed by atoms with Gasteiger partial charge in [0.1, 0.15) is 4.88 Å². The lowest BCUT2D eigenvalue weighted by molar-refractivity contribution is -0.127. The second-order valence-corrected chi connectivity index (χ2v) is 9.40. The second-order valence-electron chi connectivity index (χ2n) is 8.32. The van der Waals surface area contributed by atoms with E-state index in [9.17, 15) is 14.7 Å². The van der Waals surface area contributed by atoms with Crippen molar-refractivity contribution >= 4 is 23.2 Å². The van der Waals surface area contributed by atoms with Gasteiger partial charge in [0.25, 0.3) is 0 Å². The largest absolute Gasteiger partial charge is 0.465 e. The Morgan fingerprint density at radius 1 is 1.30 bits per heavy atom. The van der Waals surface area contributed by atoms with Crippen LogP contribution in [-0.2, 0) is 16.0 Å². The number of ether oxygens (including phenoxy) is 1. The molecule has 6 heteroatoms. The van der Waals surface area contributed by atoms with Crippen molar-refractivity contribution in [3.8, 4) is 11.8 Å². The summed E-state index contributed by atoms with van der Waals surface area (Å²) in [5.74, 6) is 5.92. The van der Waals surface area contributed by atoms with E-state index in [1.165, 1.54) is 24.0 Å². The molecular weight excluding hydrogens is 434 g/mol. The number of methoxy groups -OCH3 is 1. The lowest BCUT2D eigenvalue weighted by Gasteiger charge is -2.21. The summed E-state index contributed by atoms with van der Waals surface area (Å²) < 4.78 is 4.71. The van der Waals surface area contributed by atoms with E-state index in [0.717, 1.165) is 30.6 Å². The van der Waals surface area contributed by atoms with Crippen molar-refractivity contribution in [3.63, 3.8) is 0 Å². The smallest absolute Gasteiger partial charge is 0.348 e. The molecule has 2 aromatic rings. The SMILES string of the molecule is COC(=O)c1ccc(C#CCN2C(=O)CC[C@@H]2C=C[C@@H](O)C(C)CCCc2ccccc2)s1. The number of nitrogens with zero attached hydrogens (tertiary/aromatic N) is 1. The van der Waals surface area contributed by atoms with Crippen molar-refractivity contribution in [2.24, 2.45) is 5.92 Å². The number of carbonyl (C=O) groups is 2. The van der Waals surface area contributed by atoms with Crippen LogP contribution in [0.2, 0.25) is 0 Å². The highest BCUT2D eigenvalue weighted by atomic mass is 32.1. The van der Waals surface area contributed by atoms with Crippen LogP contribution in [0, 0.1) is 17.8 Å². The Morgan fingerprint density at radius 2 is 2.09 bits per heavy atom. The van der Waals surface area contributed by atoms with Gasteiger partial charge in [0.15, 0.2) is 0 Å². The van der Waals surface area contributed by atoms with Crippen molar-refractivity contribution in [1.29, 1.82) is 0 Å². The molecule has 1 aliphatic rings. The zero-order valence-corrected chi connectivity index (χ0v) is 20.0. The number of aryl methyl sites for hydroxylation is 1. The number of benzene rings is 1. The Labute approximate surface area is 200 Å². The fourth-order valence-electron chi connectivity index (χ4n) is 3.86. The molecular formula is C27H31NO4S. The van der Waals surface area contributed by atoms with E-state index in [1.807, 2.05) is 18.2 Å². The number of thiophene rings is 1. The molecule has 3 atom stereocenters. The zero-order chi connectivity index (χ0) is 23.6. The van der Waals surface area contributed by atoms with Gasteiger partial charge in [-0.1, -0.05) is 61.2 Å². The molecule has 1 aliphatic heterocycles. The number of likely N-dealkylation sites (tertiary alicyclic amines) is 1. The van der Waals surface area contributed by atoms with Gasteiger partial charge in [-0.2, -0.15) is 0 Å². The van der Waals surface area contributed by atoms with E-state index < -0.39 is 6.10 Å². The lowest BCUT2D eigenvalue weighted by atomic mass is 9.95. The third-order valence-electron chi connectivity index (χ3n) is 5.91. The van der Waals surface area contributed by atoms with E-state index in [0.29, 0.717) is 17.8 Å². The van der Waals surface area contributed by atoms with Gasteiger partial charge in [-0.3, -0.25) is 4.79 Å². The fourth-order valence-corrected chi connectivity index (χ4v) is 4.66. The van der Waals surface area contributed by atoms with Crippen molar-refractivity contribution in [2.45, 2.75) is 51.2 Å². The first kappa shape index (κ1) is 24.8. The van der Waals surface area contributed by atoms with Gasteiger partial charge in [0.2, 0.25) is 5.91 Å². The van der Waals surface area contributed by atoms with Crippen LogP contribution in [0.1, 0.15) is 52.7 Å². The van der Waals surface area contributed by atoms with Crippen LogP contribution in [-0.4, -0.2) is 47.7 Å². The minimum absolute atomic E-state index is 0.0491. The molecule has 33 heavy (non-hydrogen) atoms. The number of aliphatic hydroxyl groups excluding tert-OH is 1. The number of carbonyl (C=O) groups excluding carboxylic acids is 2. The standard InChI is InChI=1S/C27H31NO4S/c1-20(8-6-11-21-9-4-3-5-10-21)24(29)16-13-22-14-18-26(30)28(22)19-7-12-23-15-17-25(33-23)27(31)32-2/h3-5,9-10,13,15-17,20,22,24,29H,6,8,11,14,18-19H2,1-2H3/t20?,22-,24+/m0/s1. The molecule has 1 fully saturated rings. The summed E-state index contributed by atoms with van der Waals surface area (Å²) in [6.07, 6.45) is 7.45. The number of amides is 1. The second kappa shape index (κ2) is 12.4. The molecule has 1 aromatic carbocycles. The first-order chi connectivity index (χ1) is 16.0. The van der Waals surface area contributed by atoms with Gasteiger partial charge >= 0.3 is 5.97 Å². The Bertz CT molecular complexity index is 1020. The molecule has 0 radical (unpaired) electrons. The van der Waals surface area contributed by atoms with Crippen molar-refractivity contribution in [1.82, 2.24) is 4.90 Å². The van der Waals surface area contributed by atoms with E-state index in [-0.39, 0.29) is 23.8 Å². The minimum atomic E-state index is -0.535. The highest BCUT2D eigenvalue weighted by Gasteiger charge is 2.28. The predicted molar refractivity (Wildman–Crippen MR) is 131 cm³/mol. The van der Waals surface area contributed by atoms with Crippen LogP contribution in [0.15, 0.2) is 54.6 Å². The average molecular weight is 466 g/mol. The number of hydrogen-bond acceptors (Lipinski definition) is 5. The highest BCUT2D eigenvalue weighted by Crippen LogP contribution is 2.21. The van der Waals surface area contributed by atoms with Gasteiger partial charge in [-0.25, -0.2) is 4.79 Å². The van der Waals surface area contributed by atoms with Crippen molar-refractivity contribution in [2.75, 3.05) is 13.7 Å². The topological polar surface area (TPSA) is 66.8 Å². The molecule has 1 saturated heterocycles. The summed E-state index contributed by atoms with van der Waals surface area (Å²) >= 11 is 1.27. The lowest BCUT2D eigenvalue weighted by Crippen LogP contribution is -2.32. The van der Waals surface area contributed by atoms with Gasteiger partial charge in [-0.05, 0) is 49.3 Å². The predicted octanol–water partition coefficient (Wildman–Crippen LogP) is 4.45. The van der Waals surface area contributed by atoms with E-state index >= 15 is 0 Å². The Morgan fingerprint density at radius 3 is 2.85 bits per heavy atom. The third kappa shape index (κ3) is 7.31. The minimum Gasteiger partial charge on any atom is -0.465 e. The average Bonchev–Trinajstić information content (AvgIpc) is 3.44. The molecule has 0 bridgehead atoms. The molecule has 0 spiro atoms.